The minimum Gasteiger partial charge on any atom is -0.263 e. The van der Waals surface area contributed by atoms with Crippen molar-refractivity contribution in [1.82, 2.24) is 0 Å². The lowest BCUT2D eigenvalue weighted by Crippen LogP contribution is -1.97. The van der Waals surface area contributed by atoms with Crippen LogP contribution in [0.2, 0.25) is 0 Å². The van der Waals surface area contributed by atoms with Crippen LogP contribution in [0.5, 0.6) is 0 Å². The molecule has 0 bridgehead atoms. The first kappa shape index (κ1) is 12.5. The van der Waals surface area contributed by atoms with E-state index in [4.69, 9.17) is 4.55 Å². The first-order valence-electron chi connectivity index (χ1n) is 4.37. The summed E-state index contributed by atoms with van der Waals surface area (Å²) in [7, 11) is -4.34. The van der Waals surface area contributed by atoms with E-state index in [1.54, 1.807) is 0 Å². The van der Waals surface area contributed by atoms with Gasteiger partial charge in [0.1, 0.15) is 0 Å². The van der Waals surface area contributed by atoms with Crippen LogP contribution in [-0.4, -0.2) is 13.0 Å². The van der Waals surface area contributed by atoms with Crippen LogP contribution in [0.3, 0.4) is 0 Å². The predicted octanol–water partition coefficient (Wildman–Crippen LogP) is 2.22. The number of benzene rings is 1. The number of hydrogen-bond acceptors (Lipinski definition) is 4. The van der Waals surface area contributed by atoms with E-state index in [0.717, 1.165) is 12.0 Å². The fourth-order valence-electron chi connectivity index (χ4n) is 1.02. The second-order valence-corrected chi connectivity index (χ2v) is 4.85. The van der Waals surface area contributed by atoms with Gasteiger partial charge in [-0.2, -0.15) is 12.0 Å². The molecule has 1 rings (SSSR count). The summed E-state index contributed by atoms with van der Waals surface area (Å²) >= 11 is 0.689. The zero-order chi connectivity index (χ0) is 11.3. The third-order valence-corrected chi connectivity index (χ3v) is 3.31. The van der Waals surface area contributed by atoms with Gasteiger partial charge in [-0.3, -0.25) is 4.55 Å². The molecular weight excluding hydrogens is 236 g/mol. The van der Waals surface area contributed by atoms with Gasteiger partial charge < -0.3 is 0 Å². The van der Waals surface area contributed by atoms with Gasteiger partial charge in [0, 0.05) is 17.8 Å². The van der Waals surface area contributed by atoms with Crippen LogP contribution in [-0.2, 0) is 26.2 Å². The molecule has 6 heteroatoms. The summed E-state index contributed by atoms with van der Waals surface area (Å²) in [6.07, 6.45) is 0.967. The highest BCUT2D eigenvalue weighted by molar-refractivity contribution is 8.02. The van der Waals surface area contributed by atoms with Crippen molar-refractivity contribution in [3.63, 3.8) is 0 Å². The van der Waals surface area contributed by atoms with Crippen molar-refractivity contribution in [2.45, 2.75) is 19.1 Å². The van der Waals surface area contributed by atoms with Gasteiger partial charge >= 0.3 is 10.4 Å². The summed E-state index contributed by atoms with van der Waals surface area (Å²) in [6, 6.07) is 7.76. The van der Waals surface area contributed by atoms with E-state index >= 15 is 0 Å². The zero-order valence-electron chi connectivity index (χ0n) is 8.21. The minimum atomic E-state index is -4.34. The second kappa shape index (κ2) is 5.50. The van der Waals surface area contributed by atoms with Crippen molar-refractivity contribution in [1.29, 1.82) is 0 Å². The van der Waals surface area contributed by atoms with Crippen molar-refractivity contribution >= 4 is 22.4 Å². The zero-order valence-corrected chi connectivity index (χ0v) is 9.85. The highest BCUT2D eigenvalue weighted by Crippen LogP contribution is 2.16. The lowest BCUT2D eigenvalue weighted by atomic mass is 10.1. The summed E-state index contributed by atoms with van der Waals surface area (Å²) in [5.41, 5.74) is 2.17. The molecule has 0 aromatic heterocycles. The summed E-state index contributed by atoms with van der Waals surface area (Å²) < 4.78 is 32.9. The van der Waals surface area contributed by atoms with Crippen molar-refractivity contribution in [3.05, 3.63) is 35.4 Å². The third-order valence-electron chi connectivity index (χ3n) is 1.79. The molecule has 4 nitrogen and oxygen atoms in total. The Morgan fingerprint density at radius 2 is 1.80 bits per heavy atom. The molecule has 0 heterocycles. The lowest BCUT2D eigenvalue weighted by molar-refractivity contribution is 0.407. The quantitative estimate of drug-likeness (QED) is 0.639. The standard InChI is InChI=1S/C9H12O4S2/c1-2-8-3-5-9(6-4-8)7-14-13-15(10,11)12/h3-6H,2,7H2,1H3,(H,10,11,12). The summed E-state index contributed by atoms with van der Waals surface area (Å²) in [5.74, 6) is 0.379. The van der Waals surface area contributed by atoms with Crippen molar-refractivity contribution in [3.8, 4) is 0 Å². The van der Waals surface area contributed by atoms with E-state index < -0.39 is 10.4 Å². The Morgan fingerprint density at radius 3 is 2.27 bits per heavy atom. The highest BCUT2D eigenvalue weighted by atomic mass is 32.3. The SMILES string of the molecule is CCc1ccc(CSOS(=O)(=O)O)cc1. The Labute approximate surface area is 93.8 Å². The average molecular weight is 248 g/mol. The molecule has 15 heavy (non-hydrogen) atoms. The Kier molecular flexibility index (Phi) is 4.59. The van der Waals surface area contributed by atoms with Gasteiger partial charge in [-0.05, 0) is 17.5 Å². The first-order chi connectivity index (χ1) is 7.01. The minimum absolute atomic E-state index is 0.379. The normalized spacial score (nSPS) is 11.6. The van der Waals surface area contributed by atoms with E-state index in [2.05, 4.69) is 10.6 Å². The summed E-state index contributed by atoms with van der Waals surface area (Å²) in [6.45, 7) is 2.06. The van der Waals surface area contributed by atoms with Gasteiger partial charge in [-0.1, -0.05) is 31.2 Å². The van der Waals surface area contributed by atoms with Crippen LogP contribution in [0.1, 0.15) is 18.1 Å². The molecule has 0 saturated heterocycles. The molecule has 0 spiro atoms. The molecule has 0 amide bonds. The summed E-state index contributed by atoms with van der Waals surface area (Å²) in [5, 5.41) is 0. The Bertz CT molecular complexity index is 397. The van der Waals surface area contributed by atoms with Crippen LogP contribution in [0, 0.1) is 0 Å². The molecule has 0 atom stereocenters. The maximum atomic E-state index is 10.2. The molecule has 0 aliphatic heterocycles. The van der Waals surface area contributed by atoms with Crippen molar-refractivity contribution in [2.75, 3.05) is 0 Å². The van der Waals surface area contributed by atoms with Crippen molar-refractivity contribution < 1.29 is 16.6 Å². The highest BCUT2D eigenvalue weighted by Gasteiger charge is 2.05. The largest absolute Gasteiger partial charge is 0.408 e. The fourth-order valence-corrected chi connectivity index (χ4v) is 2.03. The van der Waals surface area contributed by atoms with E-state index in [-0.39, 0.29) is 0 Å². The second-order valence-electron chi connectivity index (χ2n) is 2.93. The molecule has 0 aliphatic rings. The van der Waals surface area contributed by atoms with E-state index in [1.165, 1.54) is 5.56 Å². The van der Waals surface area contributed by atoms with Crippen LogP contribution in [0.25, 0.3) is 0 Å². The predicted molar refractivity (Wildman–Crippen MR) is 59.7 cm³/mol. The molecule has 1 aromatic carbocycles. The maximum Gasteiger partial charge on any atom is 0.408 e. The summed E-state index contributed by atoms with van der Waals surface area (Å²) in [4.78, 5) is 0. The average Bonchev–Trinajstić information content (AvgIpc) is 2.17. The Hall–Kier alpha value is -0.560. The third kappa shape index (κ3) is 5.17. The van der Waals surface area contributed by atoms with Crippen molar-refractivity contribution in [2.24, 2.45) is 0 Å². The molecule has 1 aromatic rings. The first-order valence-corrected chi connectivity index (χ1v) is 6.65. The number of aryl methyl sites for hydroxylation is 1. The lowest BCUT2D eigenvalue weighted by Gasteiger charge is -2.01. The molecular formula is C9H12O4S2. The molecule has 0 unspecified atom stereocenters. The van der Waals surface area contributed by atoms with Crippen LogP contribution in [0.4, 0.5) is 0 Å². The Balaban J connectivity index is 2.45. The van der Waals surface area contributed by atoms with E-state index in [0.29, 0.717) is 17.8 Å². The van der Waals surface area contributed by atoms with Gasteiger partial charge in [-0.15, -0.1) is 0 Å². The van der Waals surface area contributed by atoms with E-state index in [1.807, 2.05) is 24.3 Å². The fraction of sp³-hybridized carbons (Fsp3) is 0.333. The molecule has 84 valence electrons. The molecule has 0 aliphatic carbocycles. The monoisotopic (exact) mass is 248 g/mol. The molecule has 0 saturated carbocycles. The topological polar surface area (TPSA) is 63.6 Å². The van der Waals surface area contributed by atoms with Gasteiger partial charge in [-0.25, -0.2) is 0 Å². The molecule has 0 fully saturated rings. The smallest absolute Gasteiger partial charge is 0.263 e. The van der Waals surface area contributed by atoms with Gasteiger partial charge in [0.15, 0.2) is 0 Å². The van der Waals surface area contributed by atoms with Crippen LogP contribution < -0.4 is 0 Å². The van der Waals surface area contributed by atoms with Gasteiger partial charge in [0.2, 0.25) is 0 Å². The van der Waals surface area contributed by atoms with Crippen LogP contribution >= 0.6 is 12.0 Å². The maximum absolute atomic E-state index is 10.2. The van der Waals surface area contributed by atoms with Gasteiger partial charge in [0.25, 0.3) is 0 Å². The van der Waals surface area contributed by atoms with Gasteiger partial charge in [0.05, 0.1) is 0 Å². The van der Waals surface area contributed by atoms with Crippen LogP contribution in [0.15, 0.2) is 24.3 Å². The van der Waals surface area contributed by atoms with E-state index in [9.17, 15) is 8.42 Å². The Morgan fingerprint density at radius 1 is 1.27 bits per heavy atom. The number of rotatable bonds is 5. The molecule has 1 N–H and O–H groups in total. The molecule has 0 radical (unpaired) electrons. The number of hydrogen-bond donors (Lipinski definition) is 1.